The van der Waals surface area contributed by atoms with Gasteiger partial charge in [-0.1, -0.05) is 25.1 Å². The number of carbonyl (C=O) groups excluding carboxylic acids is 1. The monoisotopic (exact) mass is 439 g/mol. The second kappa shape index (κ2) is 9.82. The fourth-order valence-corrected chi connectivity index (χ4v) is 3.44. The second-order valence-electron chi connectivity index (χ2n) is 7.87. The van der Waals surface area contributed by atoms with Crippen LogP contribution in [0.25, 0.3) is 0 Å². The van der Waals surface area contributed by atoms with Gasteiger partial charge in [0.2, 0.25) is 12.7 Å². The molecule has 1 atom stereocenters. The maximum absolute atomic E-state index is 13.7. The Morgan fingerprint density at radius 3 is 2.69 bits per heavy atom. The molecule has 0 fully saturated rings. The van der Waals surface area contributed by atoms with Gasteiger partial charge in [-0.15, -0.1) is 0 Å². The average Bonchev–Trinajstić information content (AvgIpc) is 3.42. The van der Waals surface area contributed by atoms with E-state index >= 15 is 0 Å². The van der Waals surface area contributed by atoms with Crippen molar-refractivity contribution in [1.29, 1.82) is 0 Å². The molecular weight excluding hydrogens is 413 g/mol. The summed E-state index contributed by atoms with van der Waals surface area (Å²) in [5, 5.41) is 2.88. The van der Waals surface area contributed by atoms with E-state index < -0.39 is 0 Å². The molecule has 3 aromatic rings. The van der Waals surface area contributed by atoms with Crippen molar-refractivity contribution < 1.29 is 23.1 Å². The van der Waals surface area contributed by atoms with Gasteiger partial charge in [-0.05, 0) is 48.7 Å². The summed E-state index contributed by atoms with van der Waals surface area (Å²) < 4.78 is 30.2. The largest absolute Gasteiger partial charge is 0.454 e. The van der Waals surface area contributed by atoms with E-state index in [2.05, 4.69) is 15.2 Å². The molecule has 0 spiro atoms. The highest BCUT2D eigenvalue weighted by Gasteiger charge is 2.19. The Kier molecular flexibility index (Phi) is 6.70. The SMILES string of the molecule is CCC(C)NC(=O)c1coc(CN(Cc2cccc(F)c2)Cc2ccc3c(c2)OCO3)n1. The van der Waals surface area contributed by atoms with Crippen LogP contribution in [0.3, 0.4) is 0 Å². The third-order valence-corrected chi connectivity index (χ3v) is 5.27. The number of hydrogen-bond acceptors (Lipinski definition) is 6. The molecule has 1 amide bonds. The first-order chi connectivity index (χ1) is 15.5. The minimum Gasteiger partial charge on any atom is -0.454 e. The number of rotatable bonds is 9. The summed E-state index contributed by atoms with van der Waals surface area (Å²) in [7, 11) is 0. The Morgan fingerprint density at radius 2 is 1.91 bits per heavy atom. The number of nitrogens with one attached hydrogen (secondary N) is 1. The van der Waals surface area contributed by atoms with E-state index in [-0.39, 0.29) is 30.3 Å². The predicted molar refractivity (Wildman–Crippen MR) is 116 cm³/mol. The molecule has 0 radical (unpaired) electrons. The van der Waals surface area contributed by atoms with Crippen molar-refractivity contribution in [2.45, 2.75) is 45.9 Å². The van der Waals surface area contributed by atoms with Crippen molar-refractivity contribution in [3.63, 3.8) is 0 Å². The summed E-state index contributed by atoms with van der Waals surface area (Å²) >= 11 is 0. The normalized spacial score (nSPS) is 13.4. The zero-order valence-electron chi connectivity index (χ0n) is 18.1. The van der Waals surface area contributed by atoms with Crippen LogP contribution < -0.4 is 14.8 Å². The topological polar surface area (TPSA) is 76.8 Å². The van der Waals surface area contributed by atoms with Crippen LogP contribution >= 0.6 is 0 Å². The quantitative estimate of drug-likeness (QED) is 0.537. The van der Waals surface area contributed by atoms with E-state index in [1.54, 1.807) is 6.07 Å². The molecule has 32 heavy (non-hydrogen) atoms. The molecule has 1 unspecified atom stereocenters. The minimum atomic E-state index is -0.286. The molecule has 168 valence electrons. The van der Waals surface area contributed by atoms with Gasteiger partial charge in [0.1, 0.15) is 12.1 Å². The number of nitrogens with zero attached hydrogens (tertiary/aromatic N) is 2. The Labute approximate surface area is 186 Å². The van der Waals surface area contributed by atoms with Crippen molar-refractivity contribution in [1.82, 2.24) is 15.2 Å². The van der Waals surface area contributed by atoms with Gasteiger partial charge in [-0.2, -0.15) is 0 Å². The van der Waals surface area contributed by atoms with E-state index in [1.807, 2.05) is 38.1 Å². The van der Waals surface area contributed by atoms with Crippen molar-refractivity contribution in [3.8, 4) is 11.5 Å². The lowest BCUT2D eigenvalue weighted by Crippen LogP contribution is -2.32. The number of carbonyl (C=O) groups is 1. The molecule has 1 aliphatic heterocycles. The Bertz CT molecular complexity index is 1080. The van der Waals surface area contributed by atoms with E-state index in [4.69, 9.17) is 13.9 Å². The Balaban J connectivity index is 1.51. The molecule has 7 nitrogen and oxygen atoms in total. The lowest BCUT2D eigenvalue weighted by molar-refractivity contribution is 0.0934. The highest BCUT2D eigenvalue weighted by molar-refractivity contribution is 5.92. The van der Waals surface area contributed by atoms with E-state index in [0.717, 1.165) is 23.3 Å². The van der Waals surface area contributed by atoms with E-state index in [1.165, 1.54) is 18.4 Å². The van der Waals surface area contributed by atoms with Crippen LogP contribution in [0.5, 0.6) is 11.5 Å². The fraction of sp³-hybridized carbons (Fsp3) is 0.333. The first-order valence-electron chi connectivity index (χ1n) is 10.6. The van der Waals surface area contributed by atoms with Gasteiger partial charge in [0.05, 0.1) is 6.54 Å². The number of fused-ring (bicyclic) bond motifs is 1. The minimum absolute atomic E-state index is 0.0538. The standard InChI is InChI=1S/C24H26FN3O4/c1-3-16(2)26-24(29)20-14-30-23(27-20)13-28(11-17-5-4-6-19(25)9-17)12-18-7-8-21-22(10-18)32-15-31-21/h4-10,14,16H,3,11-13,15H2,1-2H3,(H,26,29). The van der Waals surface area contributed by atoms with Gasteiger partial charge < -0.3 is 19.2 Å². The highest BCUT2D eigenvalue weighted by atomic mass is 19.1. The van der Waals surface area contributed by atoms with E-state index in [9.17, 15) is 9.18 Å². The number of ether oxygens (including phenoxy) is 2. The van der Waals surface area contributed by atoms with Crippen molar-refractivity contribution >= 4 is 5.91 Å². The second-order valence-corrected chi connectivity index (χ2v) is 7.87. The third-order valence-electron chi connectivity index (χ3n) is 5.27. The van der Waals surface area contributed by atoms with Gasteiger partial charge in [-0.25, -0.2) is 9.37 Å². The molecule has 0 aliphatic carbocycles. The molecule has 4 rings (SSSR count). The molecule has 2 aromatic carbocycles. The van der Waals surface area contributed by atoms with Gasteiger partial charge in [-0.3, -0.25) is 9.69 Å². The zero-order chi connectivity index (χ0) is 22.5. The molecule has 0 bridgehead atoms. The Morgan fingerprint density at radius 1 is 1.12 bits per heavy atom. The predicted octanol–water partition coefficient (Wildman–Crippen LogP) is 4.27. The molecule has 0 saturated heterocycles. The number of oxazole rings is 1. The van der Waals surface area contributed by atoms with Gasteiger partial charge in [0.15, 0.2) is 17.2 Å². The van der Waals surface area contributed by atoms with Crippen LogP contribution in [0.4, 0.5) is 4.39 Å². The zero-order valence-corrected chi connectivity index (χ0v) is 18.1. The first kappa shape index (κ1) is 21.8. The van der Waals surface area contributed by atoms with Crippen LogP contribution in [-0.4, -0.2) is 28.6 Å². The van der Waals surface area contributed by atoms with E-state index in [0.29, 0.717) is 31.3 Å². The van der Waals surface area contributed by atoms with Crippen LogP contribution in [0.15, 0.2) is 53.1 Å². The molecule has 0 saturated carbocycles. The summed E-state index contributed by atoms with van der Waals surface area (Å²) in [6.45, 7) is 5.52. The first-order valence-corrected chi connectivity index (χ1v) is 10.6. The molecular formula is C24H26FN3O4. The maximum Gasteiger partial charge on any atom is 0.273 e. The maximum atomic E-state index is 13.7. The molecule has 1 N–H and O–H groups in total. The molecule has 2 heterocycles. The molecule has 1 aromatic heterocycles. The lowest BCUT2D eigenvalue weighted by Gasteiger charge is -2.21. The smallest absolute Gasteiger partial charge is 0.273 e. The van der Waals surface area contributed by atoms with Gasteiger partial charge in [0.25, 0.3) is 5.91 Å². The summed E-state index contributed by atoms with van der Waals surface area (Å²) in [5.74, 6) is 1.28. The molecule has 1 aliphatic rings. The number of amides is 1. The van der Waals surface area contributed by atoms with Crippen LogP contribution in [0, 0.1) is 5.82 Å². The van der Waals surface area contributed by atoms with Gasteiger partial charge >= 0.3 is 0 Å². The summed E-state index contributed by atoms with van der Waals surface area (Å²) in [5.41, 5.74) is 2.08. The summed E-state index contributed by atoms with van der Waals surface area (Å²) in [6, 6.07) is 12.3. The highest BCUT2D eigenvalue weighted by Crippen LogP contribution is 2.33. The lowest BCUT2D eigenvalue weighted by atomic mass is 10.1. The summed E-state index contributed by atoms with van der Waals surface area (Å²) in [4.78, 5) is 18.7. The number of benzene rings is 2. The van der Waals surface area contributed by atoms with Crippen LogP contribution in [0.2, 0.25) is 0 Å². The van der Waals surface area contributed by atoms with Crippen molar-refractivity contribution in [3.05, 3.63) is 77.3 Å². The van der Waals surface area contributed by atoms with Crippen molar-refractivity contribution in [2.75, 3.05) is 6.79 Å². The fourth-order valence-electron chi connectivity index (χ4n) is 3.44. The molecule has 8 heteroatoms. The number of hydrogen-bond donors (Lipinski definition) is 1. The summed E-state index contributed by atoms with van der Waals surface area (Å²) in [6.07, 6.45) is 2.20. The van der Waals surface area contributed by atoms with Crippen LogP contribution in [-0.2, 0) is 19.6 Å². The number of halogens is 1. The van der Waals surface area contributed by atoms with Crippen molar-refractivity contribution in [2.24, 2.45) is 0 Å². The van der Waals surface area contributed by atoms with Crippen LogP contribution in [0.1, 0.15) is 47.8 Å². The third kappa shape index (κ3) is 5.45. The Hall–Kier alpha value is -3.39. The number of aromatic nitrogens is 1. The van der Waals surface area contributed by atoms with Gasteiger partial charge in [0, 0.05) is 19.1 Å². The average molecular weight is 439 g/mol.